The normalized spacial score (nSPS) is 16.9. The highest BCUT2D eigenvalue weighted by molar-refractivity contribution is 5.77. The molecule has 2 atom stereocenters. The van der Waals surface area contributed by atoms with Crippen LogP contribution >= 0.6 is 0 Å². The number of benzene rings is 3. The summed E-state index contributed by atoms with van der Waals surface area (Å²) in [6.45, 7) is 0.687. The Labute approximate surface area is 250 Å². The maximum absolute atomic E-state index is 14.8. The smallest absolute Gasteiger partial charge is 0.419 e. The number of hydrogen-bond acceptors (Lipinski definition) is 5. The van der Waals surface area contributed by atoms with Crippen molar-refractivity contribution in [3.8, 4) is 22.6 Å². The number of halogens is 8. The lowest BCUT2D eigenvalue weighted by atomic mass is 9.95. The second-order valence-electron chi connectivity index (χ2n) is 10.1. The molecule has 0 spiro atoms. The largest absolute Gasteiger partial charge is 0.496 e. The zero-order valence-electron chi connectivity index (χ0n) is 23.6. The third-order valence-electron chi connectivity index (χ3n) is 7.13. The van der Waals surface area contributed by atoms with Crippen molar-refractivity contribution in [2.24, 2.45) is 0 Å². The third kappa shape index (κ3) is 7.40. The fourth-order valence-corrected chi connectivity index (χ4v) is 4.87. The number of nitrogens with zero attached hydrogens (tertiary/aromatic N) is 1. The molecule has 1 N–H and O–H groups in total. The number of aliphatic carboxylic acids is 1. The van der Waals surface area contributed by atoms with Crippen LogP contribution in [-0.2, 0) is 28.4 Å². The van der Waals surface area contributed by atoms with Crippen LogP contribution in [-0.4, -0.2) is 41.8 Å². The summed E-state index contributed by atoms with van der Waals surface area (Å²) in [6.07, 6.45) is -12.4. The van der Waals surface area contributed by atoms with Crippen LogP contribution in [0.3, 0.4) is 0 Å². The number of carboxylic acids is 1. The summed E-state index contributed by atoms with van der Waals surface area (Å²) in [7, 11) is 1.19. The number of amides is 1. The van der Waals surface area contributed by atoms with E-state index in [0.717, 1.165) is 41.3 Å². The monoisotopic (exact) mass is 647 g/mol. The summed E-state index contributed by atoms with van der Waals surface area (Å²) < 4.78 is 126. The number of hydrogen-bond donors (Lipinski definition) is 1. The van der Waals surface area contributed by atoms with E-state index in [-0.39, 0.29) is 53.2 Å². The number of rotatable bonds is 10. The van der Waals surface area contributed by atoms with E-state index in [2.05, 4.69) is 0 Å². The molecule has 1 heterocycles. The van der Waals surface area contributed by atoms with Crippen LogP contribution in [0, 0.1) is 11.6 Å². The van der Waals surface area contributed by atoms with Crippen LogP contribution < -0.4 is 9.47 Å². The predicted octanol–water partition coefficient (Wildman–Crippen LogP) is 8.00. The lowest BCUT2D eigenvalue weighted by Gasteiger charge is -2.24. The van der Waals surface area contributed by atoms with Gasteiger partial charge in [0.05, 0.1) is 37.4 Å². The highest BCUT2D eigenvalue weighted by Gasteiger charge is 2.42. The molecule has 7 nitrogen and oxygen atoms in total. The Balaban J connectivity index is 1.73. The number of cyclic esters (lactones) is 1. The van der Waals surface area contributed by atoms with Crippen LogP contribution in [0.2, 0.25) is 0 Å². The van der Waals surface area contributed by atoms with E-state index in [9.17, 15) is 44.7 Å². The number of carboxylic acid groups (broad SMARTS) is 1. The molecule has 1 fully saturated rings. The molecule has 45 heavy (non-hydrogen) atoms. The van der Waals surface area contributed by atoms with Gasteiger partial charge in [0, 0.05) is 18.1 Å². The molecular formula is C30H25F8NO6. The van der Waals surface area contributed by atoms with E-state index >= 15 is 0 Å². The van der Waals surface area contributed by atoms with E-state index in [1.165, 1.54) is 14.0 Å². The molecule has 15 heteroatoms. The minimum absolute atomic E-state index is 0.0380. The summed E-state index contributed by atoms with van der Waals surface area (Å²) in [5.41, 5.74) is -2.81. The predicted molar refractivity (Wildman–Crippen MR) is 141 cm³/mol. The van der Waals surface area contributed by atoms with Gasteiger partial charge in [-0.3, -0.25) is 9.69 Å². The topological polar surface area (TPSA) is 85.3 Å². The SMILES string of the molecule is COc1cc(F)c(OCCCC(=O)O)cc1-c1ccc(C(F)(F)F)cc1CN1C(=O)O[C@H](c2ccc(F)c(C(F)(F)F)c2)[C@@H]1C. The minimum atomic E-state index is -5.04. The Morgan fingerprint density at radius 1 is 0.933 bits per heavy atom. The van der Waals surface area contributed by atoms with Crippen molar-refractivity contribution in [2.45, 2.75) is 50.8 Å². The summed E-state index contributed by atoms with van der Waals surface area (Å²) in [4.78, 5) is 24.7. The molecule has 1 saturated heterocycles. The average molecular weight is 648 g/mol. The molecule has 0 aliphatic carbocycles. The first kappa shape index (κ1) is 33.3. The quantitative estimate of drug-likeness (QED) is 0.177. The van der Waals surface area contributed by atoms with Gasteiger partial charge >= 0.3 is 24.4 Å². The van der Waals surface area contributed by atoms with Crippen LogP contribution in [0.4, 0.5) is 39.9 Å². The Morgan fingerprint density at radius 2 is 1.64 bits per heavy atom. The van der Waals surface area contributed by atoms with Crippen molar-refractivity contribution in [3.63, 3.8) is 0 Å². The van der Waals surface area contributed by atoms with Gasteiger partial charge in [-0.05, 0) is 60.4 Å². The molecule has 4 rings (SSSR count). The number of ether oxygens (including phenoxy) is 3. The number of carbonyl (C=O) groups is 2. The van der Waals surface area contributed by atoms with Gasteiger partial charge in [-0.25, -0.2) is 13.6 Å². The van der Waals surface area contributed by atoms with Crippen molar-refractivity contribution >= 4 is 12.1 Å². The van der Waals surface area contributed by atoms with Gasteiger partial charge in [0.15, 0.2) is 11.6 Å². The van der Waals surface area contributed by atoms with Gasteiger partial charge in [-0.2, -0.15) is 26.3 Å². The highest BCUT2D eigenvalue weighted by Crippen LogP contribution is 2.42. The molecule has 0 bridgehead atoms. The molecule has 0 saturated carbocycles. The fourth-order valence-electron chi connectivity index (χ4n) is 4.87. The highest BCUT2D eigenvalue weighted by atomic mass is 19.4. The van der Waals surface area contributed by atoms with Crippen molar-refractivity contribution in [2.75, 3.05) is 13.7 Å². The van der Waals surface area contributed by atoms with Gasteiger partial charge in [-0.1, -0.05) is 12.1 Å². The first-order chi connectivity index (χ1) is 21.0. The lowest BCUT2D eigenvalue weighted by molar-refractivity contribution is -0.140. The van der Waals surface area contributed by atoms with Crippen LogP contribution in [0.15, 0.2) is 48.5 Å². The third-order valence-corrected chi connectivity index (χ3v) is 7.13. The van der Waals surface area contributed by atoms with E-state index in [1.54, 1.807) is 0 Å². The minimum Gasteiger partial charge on any atom is -0.496 e. The second-order valence-corrected chi connectivity index (χ2v) is 10.1. The zero-order valence-corrected chi connectivity index (χ0v) is 23.6. The Hall–Kier alpha value is -4.56. The molecule has 3 aromatic carbocycles. The molecule has 1 aliphatic heterocycles. The lowest BCUT2D eigenvalue weighted by Crippen LogP contribution is -2.31. The van der Waals surface area contributed by atoms with Gasteiger partial charge < -0.3 is 19.3 Å². The Kier molecular flexibility index (Phi) is 9.49. The average Bonchev–Trinajstić information content (AvgIpc) is 3.23. The van der Waals surface area contributed by atoms with Crippen molar-refractivity contribution < 1.29 is 64.0 Å². The van der Waals surface area contributed by atoms with Crippen molar-refractivity contribution in [3.05, 3.63) is 82.4 Å². The van der Waals surface area contributed by atoms with E-state index in [0.29, 0.717) is 12.1 Å². The first-order valence-corrected chi connectivity index (χ1v) is 13.3. The Morgan fingerprint density at radius 3 is 2.27 bits per heavy atom. The second kappa shape index (κ2) is 12.8. The number of carbonyl (C=O) groups excluding carboxylic acids is 1. The van der Waals surface area contributed by atoms with Crippen LogP contribution in [0.5, 0.6) is 11.5 Å². The van der Waals surface area contributed by atoms with Crippen molar-refractivity contribution in [1.29, 1.82) is 0 Å². The summed E-state index contributed by atoms with van der Waals surface area (Å²) in [5.74, 6) is -3.97. The van der Waals surface area contributed by atoms with E-state index < -0.39 is 65.9 Å². The summed E-state index contributed by atoms with van der Waals surface area (Å²) in [6, 6.07) is 5.78. The fraction of sp³-hybridized carbons (Fsp3) is 0.333. The van der Waals surface area contributed by atoms with E-state index in [1.807, 2.05) is 0 Å². The van der Waals surface area contributed by atoms with Crippen LogP contribution in [0.1, 0.15) is 48.1 Å². The molecule has 0 aromatic heterocycles. The Bertz CT molecular complexity index is 1590. The van der Waals surface area contributed by atoms with Crippen molar-refractivity contribution in [1.82, 2.24) is 4.90 Å². The van der Waals surface area contributed by atoms with Gasteiger partial charge in [0.2, 0.25) is 0 Å². The molecule has 0 radical (unpaired) electrons. The summed E-state index contributed by atoms with van der Waals surface area (Å²) in [5, 5.41) is 8.80. The molecule has 242 valence electrons. The summed E-state index contributed by atoms with van der Waals surface area (Å²) >= 11 is 0. The maximum atomic E-state index is 14.8. The number of alkyl halides is 6. The standard InChI is InChI=1S/C30H25F8NO6/c1-15-27(16-5-8-22(31)21(11-16)30(36,37)38)45-28(42)39(15)14-17-10-18(29(33,34)35)6-7-19(17)20-12-25(23(32)13-24(20)43-2)44-9-3-4-26(40)41/h5-8,10-13,15,27H,3-4,9,14H2,1-2H3,(H,40,41)/t15-,27-/m0/s1. The maximum Gasteiger partial charge on any atom is 0.419 e. The van der Waals surface area contributed by atoms with E-state index in [4.69, 9.17) is 19.3 Å². The molecule has 1 aliphatic rings. The van der Waals surface area contributed by atoms with Gasteiger partial charge in [0.1, 0.15) is 17.7 Å². The zero-order chi connectivity index (χ0) is 33.3. The van der Waals surface area contributed by atoms with Gasteiger partial charge in [-0.15, -0.1) is 0 Å². The molecule has 0 unspecified atom stereocenters. The number of methoxy groups -OCH3 is 1. The molecule has 3 aromatic rings. The molecular weight excluding hydrogens is 622 g/mol. The first-order valence-electron chi connectivity index (χ1n) is 13.3. The van der Waals surface area contributed by atoms with Crippen LogP contribution in [0.25, 0.3) is 11.1 Å². The molecule has 1 amide bonds. The van der Waals surface area contributed by atoms with Gasteiger partial charge in [0.25, 0.3) is 0 Å².